The van der Waals surface area contributed by atoms with Crippen molar-refractivity contribution in [3.05, 3.63) is 40.2 Å². The van der Waals surface area contributed by atoms with Crippen molar-refractivity contribution in [3.8, 4) is 0 Å². The van der Waals surface area contributed by atoms with E-state index in [9.17, 15) is 14.4 Å². The van der Waals surface area contributed by atoms with Crippen LogP contribution in [0.4, 0.5) is 5.69 Å². The van der Waals surface area contributed by atoms with Gasteiger partial charge in [-0.25, -0.2) is 4.79 Å². The Morgan fingerprint density at radius 2 is 1.95 bits per heavy atom. The average Bonchev–Trinajstić information content (AvgIpc) is 2.35. The van der Waals surface area contributed by atoms with Crippen LogP contribution in [0, 0.1) is 0 Å². The number of benzene rings is 1. The van der Waals surface area contributed by atoms with E-state index in [0.717, 1.165) is 0 Å². The molecule has 0 saturated carbocycles. The Kier molecular flexibility index (Phi) is 3.33. The lowest BCUT2D eigenvalue weighted by Gasteiger charge is -2.01. The van der Waals surface area contributed by atoms with E-state index in [4.69, 9.17) is 15.3 Å². The molecule has 0 aliphatic heterocycles. The maximum absolute atomic E-state index is 11.7. The van der Waals surface area contributed by atoms with Crippen LogP contribution in [-0.4, -0.2) is 16.9 Å². The number of carbonyl (C=O) groups excluding carboxylic acids is 1. The molecular weight excluding hydrogens is 250 g/mol. The number of carboxylic acid groups (broad SMARTS) is 1. The monoisotopic (exact) mass is 261 g/mol. The van der Waals surface area contributed by atoms with Crippen molar-refractivity contribution in [2.45, 2.75) is 12.8 Å². The van der Waals surface area contributed by atoms with Crippen LogP contribution < -0.4 is 11.4 Å². The number of fused-ring (bicyclic) bond motifs is 1. The van der Waals surface area contributed by atoms with Gasteiger partial charge in [0.25, 0.3) is 0 Å². The fourth-order valence-electron chi connectivity index (χ4n) is 1.68. The summed E-state index contributed by atoms with van der Waals surface area (Å²) in [6.07, 6.45) is -0.557. The topological polar surface area (TPSA) is 111 Å². The highest BCUT2D eigenvalue weighted by Gasteiger charge is 2.14. The molecule has 98 valence electrons. The first-order chi connectivity index (χ1) is 8.97. The van der Waals surface area contributed by atoms with Crippen LogP contribution in [0.5, 0.6) is 0 Å². The largest absolute Gasteiger partial charge is 0.481 e. The van der Waals surface area contributed by atoms with Gasteiger partial charge in [0.2, 0.25) is 0 Å². The summed E-state index contributed by atoms with van der Waals surface area (Å²) in [5, 5.41) is 9.08. The van der Waals surface area contributed by atoms with Crippen LogP contribution in [0.3, 0.4) is 0 Å². The Labute approximate surface area is 107 Å². The van der Waals surface area contributed by atoms with Crippen molar-refractivity contribution in [2.24, 2.45) is 0 Å². The Morgan fingerprint density at radius 3 is 2.63 bits per heavy atom. The summed E-state index contributed by atoms with van der Waals surface area (Å²) < 4.78 is 5.00. The fourth-order valence-corrected chi connectivity index (χ4v) is 1.68. The zero-order chi connectivity index (χ0) is 14.0. The van der Waals surface area contributed by atoms with E-state index >= 15 is 0 Å². The average molecular weight is 261 g/mol. The molecule has 1 aromatic carbocycles. The SMILES string of the molecule is Nc1ccc2cc(C(=O)CCC(=O)O)c(=O)oc2c1. The van der Waals surface area contributed by atoms with E-state index in [-0.39, 0.29) is 18.4 Å². The van der Waals surface area contributed by atoms with Crippen LogP contribution in [0.15, 0.2) is 33.5 Å². The van der Waals surface area contributed by atoms with Crippen molar-refractivity contribution >= 4 is 28.4 Å². The lowest BCUT2D eigenvalue weighted by atomic mass is 10.1. The second-order valence-electron chi connectivity index (χ2n) is 4.06. The van der Waals surface area contributed by atoms with Crippen LogP contribution in [0.2, 0.25) is 0 Å². The van der Waals surface area contributed by atoms with Gasteiger partial charge in [-0.2, -0.15) is 0 Å². The molecule has 0 aliphatic rings. The van der Waals surface area contributed by atoms with E-state index in [1.54, 1.807) is 12.1 Å². The van der Waals surface area contributed by atoms with Gasteiger partial charge in [-0.05, 0) is 18.2 Å². The molecule has 1 heterocycles. The van der Waals surface area contributed by atoms with Crippen molar-refractivity contribution in [1.82, 2.24) is 0 Å². The predicted molar refractivity (Wildman–Crippen MR) is 68.1 cm³/mol. The number of rotatable bonds is 4. The molecule has 0 spiro atoms. The zero-order valence-electron chi connectivity index (χ0n) is 9.88. The first-order valence-corrected chi connectivity index (χ1v) is 5.56. The van der Waals surface area contributed by atoms with Crippen molar-refractivity contribution in [2.75, 3.05) is 5.73 Å². The molecule has 0 unspecified atom stereocenters. The molecule has 0 aliphatic carbocycles. The molecule has 0 bridgehead atoms. The zero-order valence-corrected chi connectivity index (χ0v) is 9.88. The van der Waals surface area contributed by atoms with Crippen molar-refractivity contribution in [1.29, 1.82) is 0 Å². The molecule has 2 rings (SSSR count). The van der Waals surface area contributed by atoms with Gasteiger partial charge < -0.3 is 15.3 Å². The first-order valence-electron chi connectivity index (χ1n) is 5.56. The number of carbonyl (C=O) groups is 2. The van der Waals surface area contributed by atoms with E-state index in [1.807, 2.05) is 0 Å². The Bertz CT molecular complexity index is 717. The standard InChI is InChI=1S/C13H11NO5/c14-8-2-1-7-5-9(10(15)3-4-12(16)17)13(18)19-11(7)6-8/h1-2,5-6H,3-4,14H2,(H,16,17). The number of Topliss-reactive ketones (excluding diaryl/α,β-unsaturated/α-hetero) is 1. The highest BCUT2D eigenvalue weighted by molar-refractivity contribution is 5.99. The number of ketones is 1. The van der Waals surface area contributed by atoms with Crippen LogP contribution >= 0.6 is 0 Å². The Morgan fingerprint density at radius 1 is 1.21 bits per heavy atom. The molecular formula is C13H11NO5. The molecule has 6 heteroatoms. The minimum atomic E-state index is -1.09. The number of nitrogens with two attached hydrogens (primary N) is 1. The summed E-state index contributed by atoms with van der Waals surface area (Å²) in [6.45, 7) is 0. The number of nitrogen functional groups attached to an aromatic ring is 1. The molecule has 19 heavy (non-hydrogen) atoms. The Balaban J connectivity index is 2.41. The minimum Gasteiger partial charge on any atom is -0.481 e. The second-order valence-corrected chi connectivity index (χ2v) is 4.06. The van der Waals surface area contributed by atoms with Gasteiger partial charge in [0.05, 0.1) is 6.42 Å². The van der Waals surface area contributed by atoms with Gasteiger partial charge in [-0.1, -0.05) is 0 Å². The fraction of sp³-hybridized carbons (Fsp3) is 0.154. The molecule has 6 nitrogen and oxygen atoms in total. The van der Waals surface area contributed by atoms with E-state index in [0.29, 0.717) is 16.7 Å². The lowest BCUT2D eigenvalue weighted by Crippen LogP contribution is -2.14. The molecule has 0 atom stereocenters. The molecule has 1 aromatic heterocycles. The summed E-state index contributed by atoms with van der Waals surface area (Å²) in [6, 6.07) is 6.13. The van der Waals surface area contributed by atoms with Gasteiger partial charge in [-0.3, -0.25) is 9.59 Å². The number of hydrogen-bond acceptors (Lipinski definition) is 5. The van der Waals surface area contributed by atoms with E-state index < -0.39 is 17.4 Å². The molecule has 0 fully saturated rings. The molecule has 2 aromatic rings. The number of aliphatic carboxylic acids is 1. The van der Waals surface area contributed by atoms with E-state index in [1.165, 1.54) is 12.1 Å². The normalized spacial score (nSPS) is 10.5. The van der Waals surface area contributed by atoms with Gasteiger partial charge in [0, 0.05) is 23.6 Å². The van der Waals surface area contributed by atoms with Gasteiger partial charge in [-0.15, -0.1) is 0 Å². The van der Waals surface area contributed by atoms with Crippen LogP contribution in [-0.2, 0) is 4.79 Å². The first kappa shape index (κ1) is 12.8. The summed E-state index contributed by atoms with van der Waals surface area (Å²) in [5.74, 6) is -1.64. The van der Waals surface area contributed by atoms with Crippen molar-refractivity contribution < 1.29 is 19.1 Å². The maximum atomic E-state index is 11.7. The smallest absolute Gasteiger partial charge is 0.347 e. The van der Waals surface area contributed by atoms with Crippen LogP contribution in [0.25, 0.3) is 11.0 Å². The van der Waals surface area contributed by atoms with Gasteiger partial charge >= 0.3 is 11.6 Å². The quantitative estimate of drug-likeness (QED) is 0.489. The summed E-state index contributed by atoms with van der Waals surface area (Å²) in [4.78, 5) is 33.8. The van der Waals surface area contributed by atoms with E-state index in [2.05, 4.69) is 0 Å². The third-order valence-corrected chi connectivity index (χ3v) is 2.63. The highest BCUT2D eigenvalue weighted by atomic mass is 16.4. The third-order valence-electron chi connectivity index (χ3n) is 2.63. The van der Waals surface area contributed by atoms with Crippen LogP contribution in [0.1, 0.15) is 23.2 Å². The number of hydrogen-bond donors (Lipinski definition) is 2. The molecule has 0 amide bonds. The Hall–Kier alpha value is -2.63. The minimum absolute atomic E-state index is 0.140. The van der Waals surface area contributed by atoms with Crippen molar-refractivity contribution in [3.63, 3.8) is 0 Å². The number of carboxylic acids is 1. The molecule has 0 radical (unpaired) electrons. The lowest BCUT2D eigenvalue weighted by molar-refractivity contribution is -0.136. The maximum Gasteiger partial charge on any atom is 0.347 e. The van der Waals surface area contributed by atoms with Gasteiger partial charge in [0.1, 0.15) is 11.1 Å². The molecule has 0 saturated heterocycles. The second kappa shape index (κ2) is 4.93. The third kappa shape index (κ3) is 2.79. The summed E-state index contributed by atoms with van der Waals surface area (Å²) in [7, 11) is 0. The highest BCUT2D eigenvalue weighted by Crippen LogP contribution is 2.17. The molecule has 3 N–H and O–H groups in total. The van der Waals surface area contributed by atoms with Gasteiger partial charge in [0.15, 0.2) is 5.78 Å². The summed E-state index contributed by atoms with van der Waals surface area (Å²) >= 11 is 0. The number of anilines is 1. The summed E-state index contributed by atoms with van der Waals surface area (Å²) in [5.41, 5.74) is 5.37. The predicted octanol–water partition coefficient (Wildman–Crippen LogP) is 1.42.